The molecule has 20 heavy (non-hydrogen) atoms. The molecule has 0 saturated heterocycles. The summed E-state index contributed by atoms with van der Waals surface area (Å²) in [4.78, 5) is 15.6. The molecule has 0 fully saturated rings. The van der Waals surface area contributed by atoms with Crippen LogP contribution in [-0.2, 0) is 0 Å². The van der Waals surface area contributed by atoms with E-state index in [9.17, 15) is 4.91 Å². The van der Waals surface area contributed by atoms with Crippen LogP contribution in [0.2, 0.25) is 0 Å². The molecular formula is C16H15N3O. The van der Waals surface area contributed by atoms with Crippen LogP contribution in [-0.4, -0.2) is 9.38 Å². The van der Waals surface area contributed by atoms with Gasteiger partial charge in [0.2, 0.25) is 5.82 Å². The fourth-order valence-electron chi connectivity index (χ4n) is 2.29. The molecule has 0 bridgehead atoms. The molecule has 4 nitrogen and oxygen atoms in total. The van der Waals surface area contributed by atoms with Crippen molar-refractivity contribution < 1.29 is 0 Å². The molecule has 0 aliphatic rings. The maximum atomic E-state index is 11.1. The number of nitroso groups, excluding NO2 is 1. The standard InChI is InChI=1S/C16H15N3O/c1-11(2)12-6-8-13(9-7-12)15-16(18-20)19-10-4-3-5-14(19)17-15/h3-11H,1-2H3. The third-order valence-corrected chi connectivity index (χ3v) is 3.44. The van der Waals surface area contributed by atoms with Crippen molar-refractivity contribution >= 4 is 11.5 Å². The molecule has 0 aliphatic carbocycles. The van der Waals surface area contributed by atoms with E-state index in [0.717, 1.165) is 11.2 Å². The highest BCUT2D eigenvalue weighted by molar-refractivity contribution is 5.74. The molecule has 2 heterocycles. The first-order chi connectivity index (χ1) is 9.70. The lowest BCUT2D eigenvalue weighted by atomic mass is 10.0. The van der Waals surface area contributed by atoms with Gasteiger partial charge in [0.05, 0.1) is 0 Å². The Morgan fingerprint density at radius 1 is 1.10 bits per heavy atom. The number of imidazole rings is 1. The summed E-state index contributed by atoms with van der Waals surface area (Å²) in [6.07, 6.45) is 1.80. The zero-order valence-corrected chi connectivity index (χ0v) is 11.4. The number of benzene rings is 1. The zero-order chi connectivity index (χ0) is 14.1. The summed E-state index contributed by atoms with van der Waals surface area (Å²) in [5.74, 6) is 0.826. The quantitative estimate of drug-likeness (QED) is 0.653. The first kappa shape index (κ1) is 12.5. The normalized spacial score (nSPS) is 11.2. The van der Waals surface area contributed by atoms with Crippen LogP contribution in [0.15, 0.2) is 53.8 Å². The third kappa shape index (κ3) is 1.99. The van der Waals surface area contributed by atoms with Crippen molar-refractivity contribution in [2.75, 3.05) is 0 Å². The number of fused-ring (bicyclic) bond motifs is 1. The summed E-state index contributed by atoms with van der Waals surface area (Å²) in [5, 5.41) is 3.14. The molecule has 0 spiro atoms. The van der Waals surface area contributed by atoms with E-state index in [1.807, 2.05) is 30.3 Å². The minimum absolute atomic E-state index is 0.345. The molecule has 2 aromatic heterocycles. The highest BCUT2D eigenvalue weighted by atomic mass is 16.3. The maximum absolute atomic E-state index is 11.1. The van der Waals surface area contributed by atoms with Crippen molar-refractivity contribution in [3.05, 3.63) is 59.1 Å². The van der Waals surface area contributed by atoms with Crippen molar-refractivity contribution in [1.82, 2.24) is 9.38 Å². The van der Waals surface area contributed by atoms with Crippen molar-refractivity contribution in [3.63, 3.8) is 0 Å². The highest BCUT2D eigenvalue weighted by Crippen LogP contribution is 2.31. The minimum atomic E-state index is 0.345. The van der Waals surface area contributed by atoms with Crippen molar-refractivity contribution in [2.45, 2.75) is 19.8 Å². The van der Waals surface area contributed by atoms with Crippen LogP contribution in [0.4, 0.5) is 5.82 Å². The Hall–Kier alpha value is -2.49. The van der Waals surface area contributed by atoms with Gasteiger partial charge in [-0.25, -0.2) is 4.98 Å². The van der Waals surface area contributed by atoms with Gasteiger partial charge in [0.15, 0.2) is 0 Å². The monoisotopic (exact) mass is 265 g/mol. The molecule has 0 aliphatic heterocycles. The maximum Gasteiger partial charge on any atom is 0.209 e. The fourth-order valence-corrected chi connectivity index (χ4v) is 2.29. The van der Waals surface area contributed by atoms with E-state index in [4.69, 9.17) is 0 Å². The number of rotatable bonds is 3. The number of aromatic nitrogens is 2. The molecule has 3 rings (SSSR count). The molecule has 0 N–H and O–H groups in total. The predicted octanol–water partition coefficient (Wildman–Crippen LogP) is 4.52. The lowest BCUT2D eigenvalue weighted by molar-refractivity contribution is 0.867. The summed E-state index contributed by atoms with van der Waals surface area (Å²) >= 11 is 0. The number of hydrogen-bond donors (Lipinski definition) is 0. The smallest absolute Gasteiger partial charge is 0.209 e. The van der Waals surface area contributed by atoms with E-state index in [-0.39, 0.29) is 0 Å². The average Bonchev–Trinajstić information content (AvgIpc) is 2.85. The Morgan fingerprint density at radius 3 is 2.50 bits per heavy atom. The van der Waals surface area contributed by atoms with Crippen LogP contribution in [0, 0.1) is 4.91 Å². The second-order valence-electron chi connectivity index (χ2n) is 5.08. The minimum Gasteiger partial charge on any atom is -0.281 e. The molecule has 0 atom stereocenters. The highest BCUT2D eigenvalue weighted by Gasteiger charge is 2.14. The second kappa shape index (κ2) is 4.89. The van der Waals surface area contributed by atoms with Crippen LogP contribution < -0.4 is 0 Å². The predicted molar refractivity (Wildman–Crippen MR) is 80.2 cm³/mol. The summed E-state index contributed by atoms with van der Waals surface area (Å²) in [6, 6.07) is 13.7. The van der Waals surface area contributed by atoms with Gasteiger partial charge in [-0.1, -0.05) is 44.2 Å². The van der Waals surface area contributed by atoms with Gasteiger partial charge in [0.1, 0.15) is 11.3 Å². The van der Waals surface area contributed by atoms with Gasteiger partial charge in [-0.15, -0.1) is 4.91 Å². The van der Waals surface area contributed by atoms with Crippen LogP contribution >= 0.6 is 0 Å². The topological polar surface area (TPSA) is 46.7 Å². The summed E-state index contributed by atoms with van der Waals surface area (Å²) < 4.78 is 1.71. The van der Waals surface area contributed by atoms with E-state index in [2.05, 4.69) is 36.1 Å². The lowest BCUT2D eigenvalue weighted by Gasteiger charge is -2.05. The van der Waals surface area contributed by atoms with E-state index >= 15 is 0 Å². The Labute approximate surface area is 117 Å². The Balaban J connectivity index is 2.16. The lowest BCUT2D eigenvalue weighted by Crippen LogP contribution is -1.87. The van der Waals surface area contributed by atoms with E-state index in [1.165, 1.54) is 5.56 Å². The van der Waals surface area contributed by atoms with Crippen LogP contribution in [0.1, 0.15) is 25.3 Å². The molecule has 0 saturated carbocycles. The van der Waals surface area contributed by atoms with Crippen LogP contribution in [0.3, 0.4) is 0 Å². The number of hydrogen-bond acceptors (Lipinski definition) is 3. The first-order valence-corrected chi connectivity index (χ1v) is 6.61. The Kier molecular flexibility index (Phi) is 3.06. The molecule has 0 radical (unpaired) electrons. The summed E-state index contributed by atoms with van der Waals surface area (Å²) in [6.45, 7) is 4.30. The van der Waals surface area contributed by atoms with E-state index in [1.54, 1.807) is 10.6 Å². The Bertz CT molecular complexity index is 757. The van der Waals surface area contributed by atoms with Crippen molar-refractivity contribution in [2.24, 2.45) is 5.18 Å². The zero-order valence-electron chi connectivity index (χ0n) is 11.4. The first-order valence-electron chi connectivity index (χ1n) is 6.61. The molecular weight excluding hydrogens is 250 g/mol. The largest absolute Gasteiger partial charge is 0.281 e. The summed E-state index contributed by atoms with van der Waals surface area (Å²) in [5.41, 5.74) is 3.53. The number of nitrogens with zero attached hydrogens (tertiary/aromatic N) is 3. The fraction of sp³-hybridized carbons (Fsp3) is 0.188. The van der Waals surface area contributed by atoms with Gasteiger partial charge in [-0.05, 0) is 28.8 Å². The van der Waals surface area contributed by atoms with Gasteiger partial charge in [-0.3, -0.25) is 4.40 Å². The van der Waals surface area contributed by atoms with Crippen LogP contribution in [0.5, 0.6) is 0 Å². The van der Waals surface area contributed by atoms with Gasteiger partial charge < -0.3 is 0 Å². The van der Waals surface area contributed by atoms with E-state index < -0.39 is 0 Å². The molecule has 0 unspecified atom stereocenters. The van der Waals surface area contributed by atoms with Crippen molar-refractivity contribution in [3.8, 4) is 11.3 Å². The average molecular weight is 265 g/mol. The second-order valence-corrected chi connectivity index (χ2v) is 5.08. The van der Waals surface area contributed by atoms with Gasteiger partial charge in [-0.2, -0.15) is 0 Å². The van der Waals surface area contributed by atoms with Gasteiger partial charge in [0.25, 0.3) is 0 Å². The molecule has 100 valence electrons. The van der Waals surface area contributed by atoms with Gasteiger partial charge >= 0.3 is 0 Å². The molecule has 4 heteroatoms. The van der Waals surface area contributed by atoms with Crippen molar-refractivity contribution in [1.29, 1.82) is 0 Å². The molecule has 0 amide bonds. The van der Waals surface area contributed by atoms with E-state index in [0.29, 0.717) is 17.4 Å². The van der Waals surface area contributed by atoms with Gasteiger partial charge in [0, 0.05) is 11.8 Å². The van der Waals surface area contributed by atoms with Crippen LogP contribution in [0.25, 0.3) is 16.9 Å². The third-order valence-electron chi connectivity index (χ3n) is 3.44. The molecule has 1 aromatic carbocycles. The Morgan fingerprint density at radius 2 is 1.85 bits per heavy atom. The SMILES string of the molecule is CC(C)c1ccc(-c2nc3ccccn3c2N=O)cc1. The molecule has 3 aromatic rings. The number of pyridine rings is 1. The summed E-state index contributed by atoms with van der Waals surface area (Å²) in [7, 11) is 0.